The predicted octanol–water partition coefficient (Wildman–Crippen LogP) is 4.05. The maximum Gasteiger partial charge on any atom is 0.404 e. The summed E-state index contributed by atoms with van der Waals surface area (Å²) in [7, 11) is -4.50. The number of sulfonamides is 1. The number of halogens is 4. The number of hydrogen-bond donors (Lipinski definition) is 1. The number of nitrogens with zero attached hydrogens (tertiary/aromatic N) is 6. The van der Waals surface area contributed by atoms with Gasteiger partial charge in [-0.05, 0) is 53.5 Å². The maximum atomic E-state index is 12.8. The topological polar surface area (TPSA) is 126 Å². The van der Waals surface area contributed by atoms with Crippen molar-refractivity contribution in [1.82, 2.24) is 29.2 Å². The summed E-state index contributed by atoms with van der Waals surface area (Å²) in [4.78, 5) is 16.7. The van der Waals surface area contributed by atoms with Gasteiger partial charge >= 0.3 is 6.18 Å². The summed E-state index contributed by atoms with van der Waals surface area (Å²) in [6, 6.07) is 4.01. The highest BCUT2D eigenvalue weighted by molar-refractivity contribution is 9.10. The summed E-state index contributed by atoms with van der Waals surface area (Å²) in [6.07, 6.45) is 0.798. The van der Waals surface area contributed by atoms with Crippen molar-refractivity contribution in [2.24, 2.45) is 0 Å². The molecule has 180 valence electrons. The number of aromatic nitrogens is 5. The summed E-state index contributed by atoms with van der Waals surface area (Å²) >= 11 is 3.27. The molecule has 0 saturated carbocycles. The number of fused-ring (bicyclic) bond motifs is 1. The van der Waals surface area contributed by atoms with Gasteiger partial charge in [-0.25, -0.2) is 23.4 Å². The molecule has 0 aliphatic heterocycles. The molecule has 9 nitrogen and oxygen atoms in total. The van der Waals surface area contributed by atoms with E-state index in [1.165, 1.54) is 23.0 Å². The van der Waals surface area contributed by atoms with Crippen LogP contribution in [-0.2, 0) is 10.0 Å². The molecule has 35 heavy (non-hydrogen) atoms. The number of alkyl halides is 3. The third-order valence-corrected chi connectivity index (χ3v) is 6.91. The van der Waals surface area contributed by atoms with Gasteiger partial charge in [-0.1, -0.05) is 0 Å². The van der Waals surface area contributed by atoms with Crippen LogP contribution in [-0.4, -0.2) is 45.1 Å². The third-order valence-electron chi connectivity index (χ3n) is 4.98. The van der Waals surface area contributed by atoms with Crippen LogP contribution in [0.2, 0.25) is 0 Å². The average molecular weight is 566 g/mol. The maximum absolute atomic E-state index is 12.8. The van der Waals surface area contributed by atoms with E-state index in [4.69, 9.17) is 0 Å². The summed E-state index contributed by atoms with van der Waals surface area (Å²) in [5.74, 6) is 0.185. The minimum Gasteiger partial charge on any atom is -0.259 e. The third kappa shape index (κ3) is 4.75. The van der Waals surface area contributed by atoms with Gasteiger partial charge in [-0.3, -0.25) is 9.55 Å². The van der Waals surface area contributed by atoms with Gasteiger partial charge in [0.1, 0.15) is 22.7 Å². The van der Waals surface area contributed by atoms with Gasteiger partial charge in [-0.2, -0.15) is 23.2 Å². The van der Waals surface area contributed by atoms with Crippen molar-refractivity contribution in [1.29, 1.82) is 5.26 Å². The van der Waals surface area contributed by atoms with Crippen molar-refractivity contribution in [2.45, 2.75) is 31.0 Å². The van der Waals surface area contributed by atoms with Crippen LogP contribution < -0.4 is 4.72 Å². The second-order valence-corrected chi connectivity index (χ2v) is 10.1. The van der Waals surface area contributed by atoms with Crippen molar-refractivity contribution in [3.63, 3.8) is 0 Å². The Bertz CT molecular complexity index is 1560. The van der Waals surface area contributed by atoms with E-state index in [0.29, 0.717) is 22.4 Å². The van der Waals surface area contributed by atoms with Crippen LogP contribution in [0.5, 0.6) is 0 Å². The predicted molar refractivity (Wildman–Crippen MR) is 123 cm³/mol. The van der Waals surface area contributed by atoms with Gasteiger partial charge in [0, 0.05) is 30.2 Å². The molecular formula is C21H15BrF3N7O2S. The van der Waals surface area contributed by atoms with Crippen molar-refractivity contribution < 1.29 is 21.6 Å². The molecule has 0 bridgehead atoms. The first-order valence-electron chi connectivity index (χ1n) is 9.87. The highest BCUT2D eigenvalue weighted by atomic mass is 79.9. The van der Waals surface area contributed by atoms with Gasteiger partial charge in [0.25, 0.3) is 0 Å². The molecule has 14 heteroatoms. The quantitative estimate of drug-likeness (QED) is 0.386. The van der Waals surface area contributed by atoms with Gasteiger partial charge in [0.15, 0.2) is 0 Å². The largest absolute Gasteiger partial charge is 0.404 e. The minimum absolute atomic E-state index is 0.173. The van der Waals surface area contributed by atoms with E-state index in [9.17, 15) is 26.9 Å². The average Bonchev–Trinajstić information content (AvgIpc) is 3.12. The van der Waals surface area contributed by atoms with Crippen molar-refractivity contribution in [3.05, 3.63) is 58.6 Å². The lowest BCUT2D eigenvalue weighted by Crippen LogP contribution is -2.42. The van der Waals surface area contributed by atoms with Crippen LogP contribution in [0, 0.1) is 18.3 Å². The molecule has 0 radical (unpaired) electrons. The van der Waals surface area contributed by atoms with E-state index in [1.54, 1.807) is 17.0 Å². The lowest BCUT2D eigenvalue weighted by Gasteiger charge is -2.17. The number of nitrogens with one attached hydrogen (secondary N) is 1. The Morgan fingerprint density at radius 1 is 1.11 bits per heavy atom. The van der Waals surface area contributed by atoms with E-state index in [0.717, 1.165) is 17.8 Å². The van der Waals surface area contributed by atoms with E-state index in [1.807, 2.05) is 6.92 Å². The molecule has 0 unspecified atom stereocenters. The van der Waals surface area contributed by atoms with Crippen LogP contribution >= 0.6 is 15.9 Å². The van der Waals surface area contributed by atoms with Crippen molar-refractivity contribution in [3.8, 4) is 23.4 Å². The zero-order chi connectivity index (χ0) is 25.5. The molecule has 1 atom stereocenters. The van der Waals surface area contributed by atoms with Crippen molar-refractivity contribution >= 4 is 37.0 Å². The fourth-order valence-corrected chi connectivity index (χ4v) is 4.67. The van der Waals surface area contributed by atoms with E-state index < -0.39 is 27.1 Å². The van der Waals surface area contributed by atoms with Crippen LogP contribution in [0.1, 0.15) is 18.1 Å². The Labute approximate surface area is 205 Å². The molecule has 0 aliphatic rings. The van der Waals surface area contributed by atoms with Crippen molar-refractivity contribution in [2.75, 3.05) is 0 Å². The summed E-state index contributed by atoms with van der Waals surface area (Å²) < 4.78 is 67.0. The van der Waals surface area contributed by atoms with Crippen LogP contribution in [0.25, 0.3) is 28.4 Å². The normalized spacial score (nSPS) is 13.1. The summed E-state index contributed by atoms with van der Waals surface area (Å²) in [5.41, 5.74) is 1.81. The van der Waals surface area contributed by atoms with E-state index in [2.05, 4.69) is 41.9 Å². The molecule has 4 aromatic rings. The fraction of sp³-hybridized carbons (Fsp3) is 0.190. The molecule has 1 N–H and O–H groups in total. The number of hydrogen-bond acceptors (Lipinski definition) is 7. The Hall–Kier alpha value is -3.41. The Kier molecular flexibility index (Phi) is 6.34. The smallest absolute Gasteiger partial charge is 0.259 e. The summed E-state index contributed by atoms with van der Waals surface area (Å²) in [6.45, 7) is 2.51. The minimum atomic E-state index is -4.75. The molecular weight excluding hydrogens is 551 g/mol. The molecule has 4 heterocycles. The van der Waals surface area contributed by atoms with Gasteiger partial charge < -0.3 is 0 Å². The van der Waals surface area contributed by atoms with Crippen LogP contribution in [0.4, 0.5) is 13.2 Å². The highest BCUT2D eigenvalue weighted by Gasteiger charge is 2.39. The second-order valence-electron chi connectivity index (χ2n) is 7.52. The van der Waals surface area contributed by atoms with Crippen LogP contribution in [0.15, 0.2) is 52.4 Å². The zero-order valence-corrected chi connectivity index (χ0v) is 20.4. The number of rotatable bonds is 5. The van der Waals surface area contributed by atoms with Gasteiger partial charge in [0.05, 0.1) is 21.4 Å². The first kappa shape index (κ1) is 24.7. The lowest BCUT2D eigenvalue weighted by molar-refractivity contribution is -0.147. The fourth-order valence-electron chi connectivity index (χ4n) is 3.29. The van der Waals surface area contributed by atoms with Gasteiger partial charge in [0.2, 0.25) is 16.0 Å². The first-order valence-corrected chi connectivity index (χ1v) is 12.1. The number of pyridine rings is 2. The first-order chi connectivity index (χ1) is 16.4. The van der Waals surface area contributed by atoms with Crippen LogP contribution in [0.3, 0.4) is 0 Å². The molecule has 4 aromatic heterocycles. The zero-order valence-electron chi connectivity index (χ0n) is 18.0. The molecule has 4 rings (SSSR count). The SMILES string of the molecule is Cc1cnc2c(c1)c(C#N)c(-c1ccc(S(=O)(=O)N[C@@H](C)C(F)(F)F)cn1)n2-c1ncc(Br)cn1. The Morgan fingerprint density at radius 3 is 2.37 bits per heavy atom. The molecule has 0 aromatic carbocycles. The summed E-state index contributed by atoms with van der Waals surface area (Å²) in [5, 5.41) is 10.5. The molecule has 0 aliphatic carbocycles. The molecule has 0 saturated heterocycles. The Balaban J connectivity index is 1.88. The van der Waals surface area contributed by atoms with E-state index >= 15 is 0 Å². The standard InChI is InChI=1S/C21H15BrF3N7O2S/c1-11-5-15-16(6-26)18(32(19(15)28-7-11)20-29-8-13(22)9-30-20)17-4-3-14(10-27-17)35(33,34)31-12(2)21(23,24)25/h3-5,7-10,12,31H,1-2H3/t12-/m0/s1. The number of aryl methyl sites for hydroxylation is 1. The second kappa shape index (κ2) is 8.99. The molecule has 0 spiro atoms. The Morgan fingerprint density at radius 2 is 1.80 bits per heavy atom. The number of nitriles is 1. The highest BCUT2D eigenvalue weighted by Crippen LogP contribution is 2.34. The molecule has 0 amide bonds. The monoisotopic (exact) mass is 565 g/mol. The van der Waals surface area contributed by atoms with E-state index in [-0.39, 0.29) is 22.9 Å². The van der Waals surface area contributed by atoms with Gasteiger partial charge in [-0.15, -0.1) is 0 Å². The molecule has 0 fully saturated rings. The lowest BCUT2D eigenvalue weighted by atomic mass is 10.1.